The van der Waals surface area contributed by atoms with Crippen molar-refractivity contribution in [3.8, 4) is 34.3 Å². The second-order valence-electron chi connectivity index (χ2n) is 8.99. The van der Waals surface area contributed by atoms with Gasteiger partial charge in [0.15, 0.2) is 16.9 Å². The van der Waals surface area contributed by atoms with E-state index >= 15 is 0 Å². The third-order valence-electron chi connectivity index (χ3n) is 6.16. The minimum atomic E-state index is -0.0733. The molecule has 0 amide bonds. The fraction of sp³-hybridized carbons (Fsp3) is 0.219. The Morgan fingerprint density at radius 1 is 0.947 bits per heavy atom. The molecule has 0 saturated carbocycles. The van der Waals surface area contributed by atoms with Crippen LogP contribution in [0.2, 0.25) is 0 Å². The predicted molar refractivity (Wildman–Crippen MR) is 152 cm³/mol. The number of ether oxygens (including phenoxy) is 4. The average Bonchev–Trinajstić information content (AvgIpc) is 2.93. The van der Waals surface area contributed by atoms with E-state index in [0.29, 0.717) is 63.9 Å². The molecule has 0 N–H and O–H groups in total. The largest absolute Gasteiger partial charge is 0.493 e. The monoisotopic (exact) mass is 512 g/mol. The molecule has 0 aliphatic rings. The van der Waals surface area contributed by atoms with Crippen LogP contribution in [0.3, 0.4) is 0 Å². The second-order valence-corrected chi connectivity index (χ2v) is 8.99. The molecule has 0 atom stereocenters. The lowest BCUT2D eigenvalue weighted by Crippen LogP contribution is -2.09. The zero-order chi connectivity index (χ0) is 27.2. The highest BCUT2D eigenvalue weighted by atomic mass is 16.5. The molecule has 0 saturated heterocycles. The van der Waals surface area contributed by atoms with Gasteiger partial charge < -0.3 is 23.4 Å². The number of allylic oxidation sites excluding steroid dienone is 1. The summed E-state index contributed by atoms with van der Waals surface area (Å²) in [5.74, 6) is 2.85. The number of fused-ring (bicyclic) bond motifs is 1. The maximum atomic E-state index is 13.4. The molecule has 0 unspecified atom stereocenters. The summed E-state index contributed by atoms with van der Waals surface area (Å²) in [5.41, 5.74) is 4.33. The van der Waals surface area contributed by atoms with Crippen LogP contribution >= 0.6 is 0 Å². The first-order valence-electron chi connectivity index (χ1n) is 12.3. The van der Waals surface area contributed by atoms with Gasteiger partial charge in [-0.05, 0) is 55.7 Å². The summed E-state index contributed by atoms with van der Waals surface area (Å²) in [6.45, 7) is 7.98. The number of benzene rings is 3. The second kappa shape index (κ2) is 11.7. The summed E-state index contributed by atoms with van der Waals surface area (Å²) in [6.07, 6.45) is 4.48. The summed E-state index contributed by atoms with van der Waals surface area (Å²) in [6, 6.07) is 17.0. The van der Waals surface area contributed by atoms with Gasteiger partial charge in [0.2, 0.25) is 5.75 Å². The van der Waals surface area contributed by atoms with Crippen LogP contribution in [0.4, 0.5) is 0 Å². The molecule has 6 heteroatoms. The molecule has 0 radical (unpaired) electrons. The van der Waals surface area contributed by atoms with Crippen LogP contribution in [0.25, 0.3) is 28.4 Å². The first-order chi connectivity index (χ1) is 18.4. The minimum absolute atomic E-state index is 0.0733. The lowest BCUT2D eigenvalue weighted by atomic mass is 10.0. The Morgan fingerprint density at radius 2 is 1.63 bits per heavy atom. The van der Waals surface area contributed by atoms with E-state index in [4.69, 9.17) is 23.4 Å². The van der Waals surface area contributed by atoms with E-state index in [1.165, 1.54) is 0 Å². The van der Waals surface area contributed by atoms with Crippen molar-refractivity contribution in [3.05, 3.63) is 99.7 Å². The Kier molecular flexibility index (Phi) is 8.22. The fourth-order valence-corrected chi connectivity index (χ4v) is 4.27. The van der Waals surface area contributed by atoms with Gasteiger partial charge in [-0.15, -0.1) is 0 Å². The zero-order valence-electron chi connectivity index (χ0n) is 22.4. The molecule has 6 nitrogen and oxygen atoms in total. The van der Waals surface area contributed by atoms with E-state index in [9.17, 15) is 4.79 Å². The van der Waals surface area contributed by atoms with Gasteiger partial charge >= 0.3 is 0 Å². The summed E-state index contributed by atoms with van der Waals surface area (Å²) >= 11 is 0. The average molecular weight is 513 g/mol. The Balaban J connectivity index is 1.83. The lowest BCUT2D eigenvalue weighted by molar-refractivity contribution is 0.324. The molecule has 4 rings (SSSR count). The molecular weight excluding hydrogens is 480 g/mol. The Bertz CT molecular complexity index is 1520. The zero-order valence-corrected chi connectivity index (χ0v) is 22.4. The van der Waals surface area contributed by atoms with Crippen molar-refractivity contribution in [1.29, 1.82) is 0 Å². The van der Waals surface area contributed by atoms with Crippen molar-refractivity contribution in [3.63, 3.8) is 0 Å². The molecule has 0 bridgehead atoms. The molecule has 0 spiro atoms. The maximum Gasteiger partial charge on any atom is 0.203 e. The molecule has 0 aliphatic carbocycles. The summed E-state index contributed by atoms with van der Waals surface area (Å²) in [4.78, 5) is 13.4. The van der Waals surface area contributed by atoms with Crippen LogP contribution in [0.15, 0.2) is 82.0 Å². The number of hydrogen-bond donors (Lipinski definition) is 0. The highest BCUT2D eigenvalue weighted by Crippen LogP contribution is 2.38. The Labute approximate surface area is 222 Å². The molecule has 3 aromatic carbocycles. The van der Waals surface area contributed by atoms with Crippen LogP contribution in [0, 0.1) is 6.92 Å². The van der Waals surface area contributed by atoms with Crippen LogP contribution < -0.4 is 24.4 Å². The van der Waals surface area contributed by atoms with Crippen molar-refractivity contribution in [2.45, 2.75) is 20.3 Å². The van der Waals surface area contributed by atoms with Gasteiger partial charge in [0, 0.05) is 11.1 Å². The molecule has 38 heavy (non-hydrogen) atoms. The van der Waals surface area contributed by atoms with Gasteiger partial charge in [0.05, 0.1) is 32.3 Å². The third-order valence-corrected chi connectivity index (χ3v) is 6.16. The highest BCUT2D eigenvalue weighted by Gasteiger charge is 2.18. The van der Waals surface area contributed by atoms with Gasteiger partial charge in [0.25, 0.3) is 0 Å². The first kappa shape index (κ1) is 26.6. The quantitative estimate of drug-likeness (QED) is 0.213. The topological polar surface area (TPSA) is 67.1 Å². The molecule has 4 aromatic rings. The highest BCUT2D eigenvalue weighted by molar-refractivity contribution is 5.90. The SMILES string of the molecule is C=C(C)COc1ccc2c(=O)c(C)c(-c3ccccc3)oc2c1C=CCc1cc(OC)c(OC)c(OC)c1. The van der Waals surface area contributed by atoms with E-state index in [0.717, 1.165) is 16.7 Å². The van der Waals surface area contributed by atoms with E-state index in [1.54, 1.807) is 34.3 Å². The summed E-state index contributed by atoms with van der Waals surface area (Å²) in [7, 11) is 4.76. The van der Waals surface area contributed by atoms with Gasteiger partial charge in [0.1, 0.15) is 23.7 Å². The van der Waals surface area contributed by atoms with Crippen LogP contribution in [-0.2, 0) is 6.42 Å². The number of hydrogen-bond acceptors (Lipinski definition) is 6. The normalized spacial score (nSPS) is 11.1. The van der Waals surface area contributed by atoms with Crippen molar-refractivity contribution in [2.24, 2.45) is 0 Å². The standard InChI is InChI=1S/C32H32O6/c1-20(2)19-37-26-16-15-25-29(33)21(3)30(23-12-8-7-9-13-23)38-31(25)24(26)14-10-11-22-17-27(34-4)32(36-6)28(18-22)35-5/h7-10,12-18H,1,11,19H2,2-6H3. The Hall–Kier alpha value is -4.45. The predicted octanol–water partition coefficient (Wildman–Crippen LogP) is 7.01. The first-order valence-corrected chi connectivity index (χ1v) is 12.3. The van der Waals surface area contributed by atoms with Gasteiger partial charge in [-0.25, -0.2) is 0 Å². The van der Waals surface area contributed by atoms with Crippen molar-refractivity contribution in [2.75, 3.05) is 27.9 Å². The molecule has 1 heterocycles. The molecule has 196 valence electrons. The minimum Gasteiger partial charge on any atom is -0.493 e. The van der Waals surface area contributed by atoms with Gasteiger partial charge in [-0.2, -0.15) is 0 Å². The van der Waals surface area contributed by atoms with E-state index in [1.807, 2.05) is 67.6 Å². The van der Waals surface area contributed by atoms with Crippen LogP contribution in [0.5, 0.6) is 23.0 Å². The fourth-order valence-electron chi connectivity index (χ4n) is 4.27. The molecule has 0 aliphatic heterocycles. The Morgan fingerprint density at radius 3 is 2.24 bits per heavy atom. The van der Waals surface area contributed by atoms with Gasteiger partial charge in [-0.3, -0.25) is 4.79 Å². The third kappa shape index (κ3) is 5.44. The smallest absolute Gasteiger partial charge is 0.203 e. The molecule has 0 fully saturated rings. The van der Waals surface area contributed by atoms with Crippen molar-refractivity contribution < 1.29 is 23.4 Å². The van der Waals surface area contributed by atoms with E-state index in [-0.39, 0.29) is 5.43 Å². The van der Waals surface area contributed by atoms with E-state index < -0.39 is 0 Å². The molecular formula is C32H32O6. The van der Waals surface area contributed by atoms with Gasteiger partial charge in [-0.1, -0.05) is 49.1 Å². The summed E-state index contributed by atoms with van der Waals surface area (Å²) in [5, 5.41) is 0.497. The summed E-state index contributed by atoms with van der Waals surface area (Å²) < 4.78 is 28.9. The van der Waals surface area contributed by atoms with Crippen LogP contribution in [-0.4, -0.2) is 27.9 Å². The van der Waals surface area contributed by atoms with Crippen molar-refractivity contribution >= 4 is 17.0 Å². The lowest BCUT2D eigenvalue weighted by Gasteiger charge is -2.14. The van der Waals surface area contributed by atoms with Crippen molar-refractivity contribution in [1.82, 2.24) is 0 Å². The van der Waals surface area contributed by atoms with E-state index in [2.05, 4.69) is 6.58 Å². The number of methoxy groups -OCH3 is 3. The number of rotatable bonds is 10. The molecule has 1 aromatic heterocycles. The maximum absolute atomic E-state index is 13.4. The van der Waals surface area contributed by atoms with Crippen LogP contribution in [0.1, 0.15) is 23.6 Å².